The maximum atomic E-state index is 11.5. The van der Waals surface area contributed by atoms with Crippen LogP contribution in [-0.2, 0) is 9.59 Å². The summed E-state index contributed by atoms with van der Waals surface area (Å²) in [7, 11) is 1.67. The van der Waals surface area contributed by atoms with Crippen LogP contribution in [0.4, 0.5) is 5.69 Å². The van der Waals surface area contributed by atoms with Gasteiger partial charge in [0.1, 0.15) is 6.07 Å². The Labute approximate surface area is 121 Å². The Morgan fingerprint density at radius 1 is 1.40 bits per heavy atom. The van der Waals surface area contributed by atoms with Gasteiger partial charge in [-0.1, -0.05) is 23.9 Å². The second-order valence-electron chi connectivity index (χ2n) is 4.29. The molecule has 0 aromatic heterocycles. The molecule has 1 N–H and O–H groups in total. The van der Waals surface area contributed by atoms with Crippen molar-refractivity contribution in [1.82, 2.24) is 4.90 Å². The molecule has 102 valence electrons. The van der Waals surface area contributed by atoms with Crippen molar-refractivity contribution in [3.63, 3.8) is 0 Å². The van der Waals surface area contributed by atoms with E-state index in [9.17, 15) is 14.9 Å². The number of nitrogens with zero attached hydrogens (tertiary/aromatic N) is 2. The lowest BCUT2D eigenvalue weighted by atomic mass is 10.1. The van der Waals surface area contributed by atoms with E-state index in [-0.39, 0.29) is 11.8 Å². The molecular weight excluding hydrogens is 274 g/mol. The van der Waals surface area contributed by atoms with E-state index < -0.39 is 0 Å². The fraction of sp³-hybridized carbons (Fsp3) is 0.214. The van der Waals surface area contributed by atoms with Gasteiger partial charge >= 0.3 is 0 Å². The van der Waals surface area contributed by atoms with Crippen LogP contribution < -0.4 is 5.32 Å². The molecule has 2 amide bonds. The predicted octanol–water partition coefficient (Wildman–Crippen LogP) is 2.04. The fourth-order valence-corrected chi connectivity index (χ4v) is 2.89. The van der Waals surface area contributed by atoms with Gasteiger partial charge in [-0.2, -0.15) is 5.26 Å². The Morgan fingerprint density at radius 3 is 2.50 bits per heavy atom. The molecule has 1 aromatic rings. The number of benzene rings is 1. The molecule has 1 aliphatic heterocycles. The summed E-state index contributed by atoms with van der Waals surface area (Å²) in [5, 5.41) is 12.7. The molecule has 0 aliphatic carbocycles. The van der Waals surface area contributed by atoms with E-state index in [4.69, 9.17) is 0 Å². The van der Waals surface area contributed by atoms with Gasteiger partial charge in [0.05, 0.1) is 16.4 Å². The van der Waals surface area contributed by atoms with Gasteiger partial charge in [-0.05, 0) is 17.7 Å². The molecule has 1 fully saturated rings. The lowest BCUT2D eigenvalue weighted by Gasteiger charge is -2.12. The molecule has 1 aliphatic rings. The van der Waals surface area contributed by atoms with Crippen molar-refractivity contribution in [2.24, 2.45) is 0 Å². The number of thioether (sulfide) groups is 1. The third-order valence-electron chi connectivity index (χ3n) is 2.83. The quantitative estimate of drug-likeness (QED) is 0.845. The van der Waals surface area contributed by atoms with E-state index in [2.05, 4.69) is 11.4 Å². The third kappa shape index (κ3) is 2.83. The van der Waals surface area contributed by atoms with Crippen LogP contribution in [0.1, 0.15) is 12.5 Å². The fourth-order valence-electron chi connectivity index (χ4n) is 1.84. The highest BCUT2D eigenvalue weighted by Crippen LogP contribution is 2.34. The van der Waals surface area contributed by atoms with Crippen LogP contribution in [0.15, 0.2) is 29.3 Å². The van der Waals surface area contributed by atoms with Gasteiger partial charge in [-0.25, -0.2) is 0 Å². The predicted molar refractivity (Wildman–Crippen MR) is 78.5 cm³/mol. The number of anilines is 1. The number of carbonyl (C=O) groups is 2. The maximum Gasteiger partial charge on any atom is 0.237 e. The van der Waals surface area contributed by atoms with Crippen molar-refractivity contribution >= 4 is 34.8 Å². The van der Waals surface area contributed by atoms with Gasteiger partial charge in [0.25, 0.3) is 0 Å². The van der Waals surface area contributed by atoms with Gasteiger partial charge in [-0.15, -0.1) is 0 Å². The molecule has 0 bridgehead atoms. The lowest BCUT2D eigenvalue weighted by molar-refractivity contribution is -0.124. The van der Waals surface area contributed by atoms with Gasteiger partial charge in [-0.3, -0.25) is 9.59 Å². The average molecular weight is 287 g/mol. The van der Waals surface area contributed by atoms with E-state index in [0.29, 0.717) is 22.0 Å². The smallest absolute Gasteiger partial charge is 0.237 e. The van der Waals surface area contributed by atoms with Gasteiger partial charge in [0.15, 0.2) is 0 Å². The van der Waals surface area contributed by atoms with Crippen molar-refractivity contribution in [2.75, 3.05) is 18.1 Å². The summed E-state index contributed by atoms with van der Waals surface area (Å²) in [6.07, 6.45) is 0. The van der Waals surface area contributed by atoms with Crippen LogP contribution >= 0.6 is 11.8 Å². The summed E-state index contributed by atoms with van der Waals surface area (Å²) in [5.74, 6) is 0.210. The SMILES string of the molecule is CC(=O)Nc1ccc(/C(C#N)=C2\SCC(=O)N2C)cc1. The Bertz CT molecular complexity index is 629. The molecule has 0 unspecified atom stereocenters. The lowest BCUT2D eigenvalue weighted by Crippen LogP contribution is -2.19. The Balaban J connectivity index is 2.34. The van der Waals surface area contributed by atoms with Crippen LogP contribution in [0, 0.1) is 11.3 Å². The molecule has 1 aromatic carbocycles. The Hall–Kier alpha value is -2.26. The summed E-state index contributed by atoms with van der Waals surface area (Å²) >= 11 is 1.36. The zero-order valence-electron chi connectivity index (χ0n) is 11.1. The van der Waals surface area contributed by atoms with Gasteiger partial charge in [0, 0.05) is 19.7 Å². The minimum atomic E-state index is -0.145. The molecule has 6 heteroatoms. The van der Waals surface area contributed by atoms with Crippen molar-refractivity contribution in [3.05, 3.63) is 34.9 Å². The summed E-state index contributed by atoms with van der Waals surface area (Å²) in [4.78, 5) is 24.0. The molecule has 2 rings (SSSR count). The second kappa shape index (κ2) is 5.80. The van der Waals surface area contributed by atoms with Gasteiger partial charge in [0.2, 0.25) is 11.8 Å². The molecule has 1 heterocycles. The van der Waals surface area contributed by atoms with E-state index >= 15 is 0 Å². The first-order chi connectivity index (χ1) is 9.52. The topological polar surface area (TPSA) is 73.2 Å². The normalized spacial score (nSPS) is 16.9. The zero-order valence-corrected chi connectivity index (χ0v) is 12.0. The largest absolute Gasteiger partial charge is 0.326 e. The number of allylic oxidation sites excluding steroid dienone is 1. The minimum Gasteiger partial charge on any atom is -0.326 e. The number of amides is 2. The maximum absolute atomic E-state index is 11.5. The van der Waals surface area contributed by atoms with Crippen LogP contribution in [0.25, 0.3) is 5.57 Å². The summed E-state index contributed by atoms with van der Waals surface area (Å²) in [6, 6.07) is 9.13. The average Bonchev–Trinajstić information content (AvgIpc) is 2.73. The third-order valence-corrected chi connectivity index (χ3v) is 3.97. The molecule has 20 heavy (non-hydrogen) atoms. The highest BCUT2D eigenvalue weighted by atomic mass is 32.2. The van der Waals surface area contributed by atoms with Crippen molar-refractivity contribution in [3.8, 4) is 6.07 Å². The molecular formula is C14H13N3O2S. The molecule has 0 atom stereocenters. The first kappa shape index (κ1) is 14.2. The van der Waals surface area contributed by atoms with E-state index in [0.717, 1.165) is 5.56 Å². The number of nitrogens with one attached hydrogen (secondary N) is 1. The first-order valence-corrected chi connectivity index (χ1v) is 6.93. The highest BCUT2D eigenvalue weighted by Gasteiger charge is 2.26. The van der Waals surface area contributed by atoms with Crippen LogP contribution in [0.5, 0.6) is 0 Å². The van der Waals surface area contributed by atoms with Crippen molar-refractivity contribution < 1.29 is 9.59 Å². The van der Waals surface area contributed by atoms with Gasteiger partial charge < -0.3 is 10.2 Å². The molecule has 1 saturated heterocycles. The standard InChI is InChI=1S/C14H13N3O2S/c1-9(18)16-11-5-3-10(4-6-11)12(7-15)14-17(2)13(19)8-20-14/h3-6H,8H2,1-2H3,(H,16,18)/b14-12-. The number of hydrogen-bond donors (Lipinski definition) is 1. The number of carbonyl (C=O) groups excluding carboxylic acids is 2. The number of rotatable bonds is 2. The highest BCUT2D eigenvalue weighted by molar-refractivity contribution is 8.04. The van der Waals surface area contributed by atoms with E-state index in [1.54, 1.807) is 31.3 Å². The summed E-state index contributed by atoms with van der Waals surface area (Å²) < 4.78 is 0. The molecule has 0 saturated carbocycles. The summed E-state index contributed by atoms with van der Waals surface area (Å²) in [5.41, 5.74) is 1.87. The Morgan fingerprint density at radius 2 is 2.05 bits per heavy atom. The van der Waals surface area contributed by atoms with Crippen LogP contribution in [0.2, 0.25) is 0 Å². The van der Waals surface area contributed by atoms with Crippen LogP contribution in [-0.4, -0.2) is 29.5 Å². The summed E-state index contributed by atoms with van der Waals surface area (Å²) in [6.45, 7) is 1.44. The zero-order chi connectivity index (χ0) is 14.7. The monoisotopic (exact) mass is 287 g/mol. The molecule has 5 nitrogen and oxygen atoms in total. The Kier molecular flexibility index (Phi) is 4.11. The second-order valence-corrected chi connectivity index (χ2v) is 5.26. The molecule has 0 spiro atoms. The van der Waals surface area contributed by atoms with Crippen molar-refractivity contribution in [1.29, 1.82) is 5.26 Å². The van der Waals surface area contributed by atoms with Crippen molar-refractivity contribution in [2.45, 2.75) is 6.92 Å². The van der Waals surface area contributed by atoms with Crippen LogP contribution in [0.3, 0.4) is 0 Å². The number of nitriles is 1. The van der Waals surface area contributed by atoms with E-state index in [1.807, 2.05) is 0 Å². The van der Waals surface area contributed by atoms with E-state index in [1.165, 1.54) is 23.6 Å². The first-order valence-electron chi connectivity index (χ1n) is 5.94. The molecule has 0 radical (unpaired) electrons. The number of hydrogen-bond acceptors (Lipinski definition) is 4. The minimum absolute atomic E-state index is 0.00684.